The lowest BCUT2D eigenvalue weighted by Gasteiger charge is -2.42. The van der Waals surface area contributed by atoms with E-state index in [1.54, 1.807) is 60.5 Å². The second-order valence-corrected chi connectivity index (χ2v) is 13.8. The molecule has 0 N–H and O–H groups in total. The molecule has 0 radical (unpaired) electrons. The zero-order valence-corrected chi connectivity index (χ0v) is 27.1. The Morgan fingerprint density at radius 1 is 0.952 bits per heavy atom. The third kappa shape index (κ3) is 8.16. The molecule has 0 aromatic heterocycles. The molecule has 1 aromatic carbocycles. The summed E-state index contributed by atoms with van der Waals surface area (Å²) in [5.74, 6) is -0.00858. The Labute approximate surface area is 250 Å². The van der Waals surface area contributed by atoms with Gasteiger partial charge in [-0.15, -0.1) is 4.99 Å². The van der Waals surface area contributed by atoms with Crippen molar-refractivity contribution in [1.29, 1.82) is 0 Å². The Morgan fingerprint density at radius 3 is 1.98 bits per heavy atom. The Hall–Kier alpha value is -3.32. The summed E-state index contributed by atoms with van der Waals surface area (Å²) in [6, 6.07) is 7.30. The molecule has 13 heteroatoms. The van der Waals surface area contributed by atoms with Crippen molar-refractivity contribution in [1.82, 2.24) is 19.6 Å². The summed E-state index contributed by atoms with van der Waals surface area (Å²) in [5.41, 5.74) is -1.18. The van der Waals surface area contributed by atoms with Crippen LogP contribution < -0.4 is 5.46 Å². The number of rotatable bonds is 3. The zero-order chi connectivity index (χ0) is 31.8. The highest BCUT2D eigenvalue weighted by Gasteiger charge is 2.51. The van der Waals surface area contributed by atoms with Gasteiger partial charge in [-0.1, -0.05) is 24.3 Å². The third-order valence-electron chi connectivity index (χ3n) is 6.96. The molecule has 0 spiro atoms. The van der Waals surface area contributed by atoms with Crippen molar-refractivity contribution in [3.63, 3.8) is 0 Å². The summed E-state index contributed by atoms with van der Waals surface area (Å²) in [7, 11) is 2.65. The molecule has 42 heavy (non-hydrogen) atoms. The number of guanidine groups is 1. The molecule has 1 aromatic rings. The number of carbonyl (C=O) groups excluding carboxylic acids is 3. The second-order valence-electron chi connectivity index (χ2n) is 13.8. The van der Waals surface area contributed by atoms with Crippen molar-refractivity contribution >= 4 is 36.8 Å². The molecule has 2 saturated heterocycles. The van der Waals surface area contributed by atoms with Crippen LogP contribution in [-0.4, -0.2) is 101 Å². The molecule has 0 aliphatic carbocycles. The quantitative estimate of drug-likeness (QED) is 0.294. The predicted molar refractivity (Wildman–Crippen MR) is 160 cm³/mol. The Bertz CT molecular complexity index is 1190. The number of hydrogen-bond donors (Lipinski definition) is 0. The molecule has 2 aliphatic heterocycles. The zero-order valence-electron chi connectivity index (χ0n) is 27.1. The van der Waals surface area contributed by atoms with Crippen LogP contribution in [0, 0.1) is 0 Å². The Balaban J connectivity index is 2.06. The van der Waals surface area contributed by atoms with Crippen LogP contribution in [0.4, 0.5) is 14.4 Å². The van der Waals surface area contributed by atoms with E-state index in [9.17, 15) is 14.4 Å². The highest BCUT2D eigenvalue weighted by molar-refractivity contribution is 6.62. The molecule has 3 rings (SSSR count). The first-order valence-corrected chi connectivity index (χ1v) is 14.1. The van der Waals surface area contributed by atoms with E-state index >= 15 is 0 Å². The predicted octanol–water partition coefficient (Wildman–Crippen LogP) is 4.23. The van der Waals surface area contributed by atoms with Gasteiger partial charge in [0.05, 0.1) is 31.1 Å². The second kappa shape index (κ2) is 11.8. The number of nitrogens with zero attached hydrogens (tertiary/aromatic N) is 5. The molecular weight excluding hydrogens is 541 g/mol. The minimum absolute atomic E-state index is 0.00175. The molecule has 0 saturated carbocycles. The lowest BCUT2D eigenvalue weighted by molar-refractivity contribution is 0.00578. The van der Waals surface area contributed by atoms with E-state index in [0.29, 0.717) is 0 Å². The van der Waals surface area contributed by atoms with Gasteiger partial charge in [-0.05, 0) is 80.3 Å². The number of aliphatic imine (C=N–C) groups is 1. The number of amides is 4. The third-order valence-corrected chi connectivity index (χ3v) is 6.96. The maximum atomic E-state index is 13.8. The van der Waals surface area contributed by atoms with Gasteiger partial charge in [-0.2, -0.15) is 0 Å². The highest BCUT2D eigenvalue weighted by atomic mass is 16.7. The summed E-state index contributed by atoms with van der Waals surface area (Å²) in [6.07, 6.45) is -1.59. The van der Waals surface area contributed by atoms with E-state index in [4.69, 9.17) is 18.8 Å². The van der Waals surface area contributed by atoms with Gasteiger partial charge in [-0.25, -0.2) is 19.3 Å². The largest absolute Gasteiger partial charge is 0.494 e. The van der Waals surface area contributed by atoms with E-state index in [2.05, 4.69) is 4.99 Å². The molecule has 2 heterocycles. The minimum Gasteiger partial charge on any atom is -0.443 e. The molecule has 4 amide bonds. The summed E-state index contributed by atoms with van der Waals surface area (Å²) in [6.45, 7) is 18.6. The van der Waals surface area contributed by atoms with E-state index in [1.807, 2.05) is 52.0 Å². The van der Waals surface area contributed by atoms with Crippen molar-refractivity contribution in [3.8, 4) is 0 Å². The van der Waals surface area contributed by atoms with Crippen LogP contribution in [-0.2, 0) is 25.3 Å². The first-order chi connectivity index (χ1) is 19.1. The first-order valence-electron chi connectivity index (χ1n) is 14.1. The smallest absolute Gasteiger partial charge is 0.443 e. The van der Waals surface area contributed by atoms with Crippen molar-refractivity contribution in [2.45, 2.75) is 98.2 Å². The lowest BCUT2D eigenvalue weighted by Crippen LogP contribution is -2.60. The number of benzene rings is 1. The van der Waals surface area contributed by atoms with Crippen LogP contribution in [0.25, 0.3) is 0 Å². The van der Waals surface area contributed by atoms with Gasteiger partial charge in [0.25, 0.3) is 0 Å². The average molecular weight is 588 g/mol. The van der Waals surface area contributed by atoms with Crippen LogP contribution in [0.15, 0.2) is 29.3 Å². The normalized spacial score (nSPS) is 19.2. The molecule has 232 valence electrons. The summed E-state index contributed by atoms with van der Waals surface area (Å²) in [5, 5.41) is 0. The van der Waals surface area contributed by atoms with Crippen LogP contribution in [0.3, 0.4) is 0 Å². The molecule has 12 nitrogen and oxygen atoms in total. The molecule has 2 aliphatic rings. The van der Waals surface area contributed by atoms with Crippen molar-refractivity contribution < 1.29 is 33.2 Å². The van der Waals surface area contributed by atoms with Crippen LogP contribution in [0.5, 0.6) is 0 Å². The monoisotopic (exact) mass is 587 g/mol. The molecule has 0 unspecified atom stereocenters. The number of urea groups is 1. The standard InChI is InChI=1S/C29H46BN5O7/c1-26(2,3)39-23(36)31-22(34-18-32(11)24(37)33(12)19-34)35(25(38)40-27(4,5)6)17-20-14-13-15-21(16-20)30-41-28(7,8)29(9,10)42-30/h13-16H,17-19H2,1-12H3/b31-22+. The summed E-state index contributed by atoms with van der Waals surface area (Å²) in [4.78, 5) is 49.4. The Kier molecular flexibility index (Phi) is 9.29. The van der Waals surface area contributed by atoms with Gasteiger partial charge < -0.3 is 33.5 Å². The number of ether oxygens (including phenoxy) is 2. The van der Waals surface area contributed by atoms with E-state index < -0.39 is 41.7 Å². The number of hydrogen-bond acceptors (Lipinski definition) is 7. The fourth-order valence-corrected chi connectivity index (χ4v) is 4.30. The van der Waals surface area contributed by atoms with E-state index in [1.165, 1.54) is 14.7 Å². The average Bonchev–Trinajstić information content (AvgIpc) is 3.04. The first kappa shape index (κ1) is 33.2. The van der Waals surface area contributed by atoms with Crippen molar-refractivity contribution in [2.24, 2.45) is 4.99 Å². The fourth-order valence-electron chi connectivity index (χ4n) is 4.30. The van der Waals surface area contributed by atoms with E-state index in [-0.39, 0.29) is 31.9 Å². The topological polar surface area (TPSA) is 113 Å². The van der Waals surface area contributed by atoms with Gasteiger partial charge >= 0.3 is 25.3 Å². The minimum atomic E-state index is -0.876. The molecular formula is C29H46BN5O7. The number of carbonyl (C=O) groups is 3. The maximum absolute atomic E-state index is 13.8. The van der Waals surface area contributed by atoms with Gasteiger partial charge in [0.1, 0.15) is 11.2 Å². The molecule has 0 bridgehead atoms. The summed E-state index contributed by atoms with van der Waals surface area (Å²) < 4.78 is 23.7. The molecule has 2 fully saturated rings. The van der Waals surface area contributed by atoms with E-state index in [0.717, 1.165) is 11.0 Å². The van der Waals surface area contributed by atoms with Gasteiger partial charge in [-0.3, -0.25) is 0 Å². The van der Waals surface area contributed by atoms with Gasteiger partial charge in [0.15, 0.2) is 0 Å². The van der Waals surface area contributed by atoms with Crippen LogP contribution in [0.1, 0.15) is 74.8 Å². The van der Waals surface area contributed by atoms with Crippen LogP contribution >= 0.6 is 0 Å². The highest BCUT2D eigenvalue weighted by Crippen LogP contribution is 2.36. The summed E-state index contributed by atoms with van der Waals surface area (Å²) >= 11 is 0. The lowest BCUT2D eigenvalue weighted by atomic mass is 9.78. The Morgan fingerprint density at radius 2 is 1.48 bits per heavy atom. The van der Waals surface area contributed by atoms with Gasteiger partial charge in [0.2, 0.25) is 5.96 Å². The van der Waals surface area contributed by atoms with Crippen molar-refractivity contribution in [3.05, 3.63) is 29.8 Å². The van der Waals surface area contributed by atoms with Crippen LogP contribution in [0.2, 0.25) is 0 Å². The SMILES string of the molecule is CN1CN(/C(=N\C(=O)OC(C)(C)C)N(Cc2cccc(B3OC(C)(C)C(C)(C)O3)c2)C(=O)OC(C)(C)C)CN(C)C1=O. The maximum Gasteiger partial charge on any atom is 0.494 e. The van der Waals surface area contributed by atoms with Crippen molar-refractivity contribution in [2.75, 3.05) is 27.4 Å². The van der Waals surface area contributed by atoms with Gasteiger partial charge in [0, 0.05) is 14.1 Å². The fraction of sp³-hybridized carbons (Fsp3) is 0.655. The molecule has 0 atom stereocenters.